The topological polar surface area (TPSA) is 37.4 Å². The largest absolute Gasteiger partial charge is 0.214 e. The van der Waals surface area contributed by atoms with Crippen molar-refractivity contribution in [2.75, 3.05) is 12.3 Å². The van der Waals surface area contributed by atoms with E-state index in [4.69, 9.17) is 0 Å². The third kappa shape index (κ3) is 3.74. The Morgan fingerprint density at radius 2 is 1.88 bits per heavy atom. The molecule has 0 N–H and O–H groups in total. The van der Waals surface area contributed by atoms with Crippen LogP contribution in [0, 0.1) is 0 Å². The van der Waals surface area contributed by atoms with E-state index in [0.29, 0.717) is 5.75 Å². The van der Waals surface area contributed by atoms with Crippen molar-refractivity contribution in [2.24, 2.45) is 0 Å². The fourth-order valence-corrected chi connectivity index (χ4v) is 4.29. The van der Waals surface area contributed by atoms with Crippen molar-refractivity contribution < 1.29 is 8.42 Å². The van der Waals surface area contributed by atoms with Gasteiger partial charge < -0.3 is 0 Å². The molecule has 1 aliphatic rings. The fraction of sp³-hybridized carbons (Fsp3) is 1.00. The lowest BCUT2D eigenvalue weighted by Crippen LogP contribution is -2.34. The minimum absolute atomic E-state index is 0.289. The highest BCUT2D eigenvalue weighted by Gasteiger charge is 2.35. The van der Waals surface area contributed by atoms with Gasteiger partial charge in [-0.25, -0.2) is 8.42 Å². The molecule has 0 aromatic rings. The number of rotatable bonds is 7. The number of sulfonamides is 1. The Bertz CT molecular complexity index is 287. The molecule has 4 heteroatoms. The summed E-state index contributed by atoms with van der Waals surface area (Å²) >= 11 is 0. The zero-order valence-electron chi connectivity index (χ0n) is 10.6. The van der Waals surface area contributed by atoms with Crippen LogP contribution in [-0.2, 0) is 10.0 Å². The first-order chi connectivity index (χ1) is 7.61. The first-order valence-corrected chi connectivity index (χ1v) is 8.22. The molecule has 0 radical (unpaired) electrons. The van der Waals surface area contributed by atoms with E-state index in [1.54, 1.807) is 4.31 Å². The summed E-state index contributed by atoms with van der Waals surface area (Å²) in [6.45, 7) is 5.04. The van der Waals surface area contributed by atoms with Crippen LogP contribution in [0.5, 0.6) is 0 Å². The molecule has 0 aromatic heterocycles. The number of hydrogen-bond donors (Lipinski definition) is 0. The summed E-state index contributed by atoms with van der Waals surface area (Å²) in [6, 6.07) is 0.289. The molecule has 1 rings (SSSR count). The maximum absolute atomic E-state index is 11.8. The summed E-state index contributed by atoms with van der Waals surface area (Å²) in [4.78, 5) is 0. The first-order valence-electron chi connectivity index (χ1n) is 6.61. The van der Waals surface area contributed by atoms with Crippen molar-refractivity contribution in [1.29, 1.82) is 0 Å². The van der Waals surface area contributed by atoms with E-state index in [1.807, 2.05) is 0 Å². The molecule has 3 nitrogen and oxygen atoms in total. The van der Waals surface area contributed by atoms with Crippen molar-refractivity contribution in [3.05, 3.63) is 0 Å². The van der Waals surface area contributed by atoms with Crippen LogP contribution in [0.2, 0.25) is 0 Å². The minimum Gasteiger partial charge on any atom is -0.212 e. The zero-order chi connectivity index (χ0) is 12.0. The third-order valence-electron chi connectivity index (χ3n) is 3.33. The predicted octanol–water partition coefficient (Wildman–Crippen LogP) is 2.77. The molecule has 0 saturated carbocycles. The van der Waals surface area contributed by atoms with E-state index < -0.39 is 10.0 Å². The van der Waals surface area contributed by atoms with Gasteiger partial charge in [-0.3, -0.25) is 0 Å². The van der Waals surface area contributed by atoms with E-state index in [9.17, 15) is 8.42 Å². The lowest BCUT2D eigenvalue weighted by molar-refractivity contribution is 0.317. The van der Waals surface area contributed by atoms with Gasteiger partial charge in [0, 0.05) is 12.6 Å². The molecule has 96 valence electrons. The van der Waals surface area contributed by atoms with Crippen LogP contribution >= 0.6 is 0 Å². The van der Waals surface area contributed by atoms with Gasteiger partial charge in [-0.1, -0.05) is 39.5 Å². The average molecular weight is 247 g/mol. The minimum atomic E-state index is -2.91. The highest BCUT2D eigenvalue weighted by Crippen LogP contribution is 2.25. The Hall–Kier alpha value is -0.0900. The maximum atomic E-state index is 11.8. The van der Waals surface area contributed by atoms with Crippen molar-refractivity contribution in [2.45, 2.75) is 64.8 Å². The quantitative estimate of drug-likeness (QED) is 0.649. The third-order valence-corrected chi connectivity index (χ3v) is 5.27. The van der Waals surface area contributed by atoms with Crippen LogP contribution in [-0.4, -0.2) is 31.1 Å². The summed E-state index contributed by atoms with van der Waals surface area (Å²) in [7, 11) is -2.91. The molecule has 0 amide bonds. The van der Waals surface area contributed by atoms with Crippen LogP contribution in [0.25, 0.3) is 0 Å². The summed E-state index contributed by atoms with van der Waals surface area (Å²) in [6.07, 6.45) is 7.52. The Kier molecular flexibility index (Phi) is 5.76. The van der Waals surface area contributed by atoms with Crippen molar-refractivity contribution in [3.8, 4) is 0 Å². The number of unbranched alkanes of at least 4 members (excludes halogenated alkanes) is 3. The van der Waals surface area contributed by atoms with Gasteiger partial charge in [-0.15, -0.1) is 0 Å². The molecule has 0 unspecified atom stereocenters. The van der Waals surface area contributed by atoms with Crippen LogP contribution in [0.4, 0.5) is 0 Å². The molecule has 1 aliphatic heterocycles. The Balaban J connectivity index is 2.44. The van der Waals surface area contributed by atoms with Gasteiger partial charge in [-0.05, 0) is 19.3 Å². The van der Waals surface area contributed by atoms with Gasteiger partial charge in [0.25, 0.3) is 0 Å². The van der Waals surface area contributed by atoms with E-state index in [0.717, 1.165) is 38.6 Å². The molecule has 1 atom stereocenters. The van der Waals surface area contributed by atoms with Gasteiger partial charge in [0.2, 0.25) is 10.0 Å². The predicted molar refractivity (Wildman–Crippen MR) is 67.9 cm³/mol. The lowest BCUT2D eigenvalue weighted by Gasteiger charge is -2.22. The van der Waals surface area contributed by atoms with Crippen LogP contribution in [0.1, 0.15) is 58.8 Å². The van der Waals surface area contributed by atoms with E-state index in [-0.39, 0.29) is 6.04 Å². The zero-order valence-corrected chi connectivity index (χ0v) is 11.4. The monoisotopic (exact) mass is 247 g/mol. The average Bonchev–Trinajstić information content (AvgIpc) is 2.51. The standard InChI is InChI=1S/C12H25NO2S/c1-3-5-6-7-10-13-12(8-4-2)9-11-16(13,14)15/h12H,3-11H2,1-2H3/t12-/m1/s1. The molecular weight excluding hydrogens is 222 g/mol. The molecule has 0 bridgehead atoms. The second-order valence-corrected chi connectivity index (χ2v) is 6.76. The molecule has 0 spiro atoms. The highest BCUT2D eigenvalue weighted by atomic mass is 32.2. The van der Waals surface area contributed by atoms with Crippen molar-refractivity contribution in [1.82, 2.24) is 4.31 Å². The molecule has 1 heterocycles. The number of hydrogen-bond acceptors (Lipinski definition) is 2. The van der Waals surface area contributed by atoms with Gasteiger partial charge in [-0.2, -0.15) is 4.31 Å². The Morgan fingerprint density at radius 3 is 2.50 bits per heavy atom. The van der Waals surface area contributed by atoms with Gasteiger partial charge in [0.15, 0.2) is 0 Å². The molecule has 0 aliphatic carbocycles. The van der Waals surface area contributed by atoms with Crippen molar-refractivity contribution in [3.63, 3.8) is 0 Å². The second-order valence-electron chi connectivity index (χ2n) is 4.72. The van der Waals surface area contributed by atoms with Crippen LogP contribution in [0.3, 0.4) is 0 Å². The van der Waals surface area contributed by atoms with E-state index in [2.05, 4.69) is 13.8 Å². The van der Waals surface area contributed by atoms with E-state index in [1.165, 1.54) is 12.8 Å². The molecule has 0 aromatic carbocycles. The number of nitrogens with zero attached hydrogens (tertiary/aromatic N) is 1. The van der Waals surface area contributed by atoms with Crippen molar-refractivity contribution >= 4 is 10.0 Å². The maximum Gasteiger partial charge on any atom is 0.214 e. The summed E-state index contributed by atoms with van der Waals surface area (Å²) in [5.41, 5.74) is 0. The normalized spacial score (nSPS) is 25.0. The molecule has 16 heavy (non-hydrogen) atoms. The van der Waals surface area contributed by atoms with Crippen LogP contribution in [0.15, 0.2) is 0 Å². The highest BCUT2D eigenvalue weighted by molar-refractivity contribution is 7.89. The summed E-state index contributed by atoms with van der Waals surface area (Å²) in [5.74, 6) is 0.367. The first kappa shape index (κ1) is 14.0. The molecule has 1 fully saturated rings. The smallest absolute Gasteiger partial charge is 0.212 e. The Labute approximate surface area is 100 Å². The lowest BCUT2D eigenvalue weighted by atomic mass is 10.1. The fourth-order valence-electron chi connectivity index (χ4n) is 2.41. The molecular formula is C12H25NO2S. The second kappa shape index (κ2) is 6.60. The van der Waals surface area contributed by atoms with Gasteiger partial charge >= 0.3 is 0 Å². The summed E-state index contributed by atoms with van der Waals surface area (Å²) < 4.78 is 25.4. The summed E-state index contributed by atoms with van der Waals surface area (Å²) in [5, 5.41) is 0. The van der Waals surface area contributed by atoms with Gasteiger partial charge in [0.1, 0.15) is 0 Å². The van der Waals surface area contributed by atoms with E-state index >= 15 is 0 Å². The van der Waals surface area contributed by atoms with Crippen LogP contribution < -0.4 is 0 Å². The van der Waals surface area contributed by atoms with Gasteiger partial charge in [0.05, 0.1) is 5.75 Å². The molecule has 1 saturated heterocycles. The SMILES string of the molecule is CCCCCCN1[C@H](CCC)CCS1(=O)=O. The Morgan fingerprint density at radius 1 is 1.12 bits per heavy atom.